The molecule has 0 saturated heterocycles. The average Bonchev–Trinajstić information content (AvgIpc) is 2.32. The molecule has 2 N–H and O–H groups in total. The fourth-order valence-corrected chi connectivity index (χ4v) is 1.40. The summed E-state index contributed by atoms with van der Waals surface area (Å²) >= 11 is 0. The molecular formula is C12H15N3. The maximum Gasteiger partial charge on any atom is 0.116 e. The number of aryl methyl sites for hydroxylation is 1. The van der Waals surface area contributed by atoms with Crippen molar-refractivity contribution in [3.8, 4) is 0 Å². The van der Waals surface area contributed by atoms with Gasteiger partial charge in [0.05, 0.1) is 5.52 Å². The zero-order valence-corrected chi connectivity index (χ0v) is 9.07. The van der Waals surface area contributed by atoms with Crippen LogP contribution in [0.4, 0.5) is 0 Å². The van der Waals surface area contributed by atoms with Crippen LogP contribution in [-0.4, -0.2) is 17.0 Å². The number of rotatable bonds is 1. The van der Waals surface area contributed by atoms with E-state index in [2.05, 4.69) is 22.3 Å². The van der Waals surface area contributed by atoms with Crippen LogP contribution in [0.3, 0.4) is 0 Å². The number of para-hydroxylation sites is 1. The monoisotopic (exact) mass is 201 g/mol. The Morgan fingerprint density at radius 3 is 2.67 bits per heavy atom. The molecule has 0 amide bonds. The summed E-state index contributed by atoms with van der Waals surface area (Å²) < 4.78 is 0. The van der Waals surface area contributed by atoms with Crippen LogP contribution < -0.4 is 5.73 Å². The largest absolute Gasteiger partial charge is 0.333 e. The van der Waals surface area contributed by atoms with Gasteiger partial charge in [-0.1, -0.05) is 30.9 Å². The summed E-state index contributed by atoms with van der Waals surface area (Å²) in [6.07, 6.45) is 3.40. The highest BCUT2D eigenvalue weighted by Gasteiger charge is 2.00. The van der Waals surface area contributed by atoms with Crippen LogP contribution in [0.25, 0.3) is 17.0 Å². The van der Waals surface area contributed by atoms with Gasteiger partial charge in [-0.25, -0.2) is 9.97 Å². The molecule has 0 radical (unpaired) electrons. The normalized spacial score (nSPS) is 9.27. The molecule has 0 saturated carbocycles. The molecule has 0 aliphatic carbocycles. The Labute approximate surface area is 89.7 Å². The SMILES string of the molecule is C=Cc1cccc2c(C)ncnc12.CN. The van der Waals surface area contributed by atoms with Crippen molar-refractivity contribution < 1.29 is 0 Å². The number of aromatic nitrogens is 2. The van der Waals surface area contributed by atoms with E-state index < -0.39 is 0 Å². The lowest BCUT2D eigenvalue weighted by molar-refractivity contribution is 1.15. The Morgan fingerprint density at radius 2 is 2.00 bits per heavy atom. The predicted molar refractivity (Wildman–Crippen MR) is 64.5 cm³/mol. The first-order valence-electron chi connectivity index (χ1n) is 4.73. The summed E-state index contributed by atoms with van der Waals surface area (Å²) in [5, 5.41) is 1.10. The first kappa shape index (κ1) is 11.3. The van der Waals surface area contributed by atoms with Gasteiger partial charge in [-0.15, -0.1) is 0 Å². The molecule has 0 aliphatic rings. The highest BCUT2D eigenvalue weighted by Crippen LogP contribution is 2.18. The van der Waals surface area contributed by atoms with Gasteiger partial charge in [0.1, 0.15) is 6.33 Å². The molecule has 0 unspecified atom stereocenters. The van der Waals surface area contributed by atoms with Crippen molar-refractivity contribution in [3.05, 3.63) is 42.4 Å². The fraction of sp³-hybridized carbons (Fsp3) is 0.167. The van der Waals surface area contributed by atoms with Crippen LogP contribution in [0.1, 0.15) is 11.3 Å². The molecule has 3 nitrogen and oxygen atoms in total. The smallest absolute Gasteiger partial charge is 0.116 e. The third-order valence-electron chi connectivity index (χ3n) is 2.12. The molecule has 2 rings (SSSR count). The Bertz CT molecular complexity index is 463. The first-order chi connectivity index (χ1) is 7.33. The van der Waals surface area contributed by atoms with Crippen molar-refractivity contribution in [2.45, 2.75) is 6.92 Å². The fourth-order valence-electron chi connectivity index (χ4n) is 1.40. The van der Waals surface area contributed by atoms with Crippen molar-refractivity contribution in [1.82, 2.24) is 9.97 Å². The average molecular weight is 201 g/mol. The molecule has 15 heavy (non-hydrogen) atoms. The molecule has 78 valence electrons. The van der Waals surface area contributed by atoms with Crippen molar-refractivity contribution in [3.63, 3.8) is 0 Å². The number of fused-ring (bicyclic) bond motifs is 1. The number of benzene rings is 1. The second-order valence-electron chi connectivity index (χ2n) is 2.91. The Balaban J connectivity index is 0.000000531. The Hall–Kier alpha value is -1.74. The zero-order valence-electron chi connectivity index (χ0n) is 9.07. The number of hydrogen-bond acceptors (Lipinski definition) is 3. The van der Waals surface area contributed by atoms with E-state index in [4.69, 9.17) is 0 Å². The van der Waals surface area contributed by atoms with Gasteiger partial charge in [0.2, 0.25) is 0 Å². The highest BCUT2D eigenvalue weighted by atomic mass is 14.8. The van der Waals surface area contributed by atoms with E-state index in [9.17, 15) is 0 Å². The molecular weight excluding hydrogens is 186 g/mol. The molecule has 0 spiro atoms. The van der Waals surface area contributed by atoms with E-state index in [0.29, 0.717) is 0 Å². The number of nitrogens with two attached hydrogens (primary N) is 1. The van der Waals surface area contributed by atoms with Crippen LogP contribution in [0.2, 0.25) is 0 Å². The highest BCUT2D eigenvalue weighted by molar-refractivity contribution is 5.88. The summed E-state index contributed by atoms with van der Waals surface area (Å²) in [6.45, 7) is 5.73. The molecule has 1 heterocycles. The van der Waals surface area contributed by atoms with E-state index >= 15 is 0 Å². The quantitative estimate of drug-likeness (QED) is 0.769. The summed E-state index contributed by atoms with van der Waals surface area (Å²) in [7, 11) is 1.50. The summed E-state index contributed by atoms with van der Waals surface area (Å²) in [5.74, 6) is 0. The molecule has 1 aromatic heterocycles. The number of nitrogens with zero attached hydrogens (tertiary/aromatic N) is 2. The molecule has 0 aliphatic heterocycles. The van der Waals surface area contributed by atoms with Crippen molar-refractivity contribution in [2.24, 2.45) is 5.73 Å². The van der Waals surface area contributed by atoms with Gasteiger partial charge in [0.25, 0.3) is 0 Å². The molecule has 0 fully saturated rings. The summed E-state index contributed by atoms with van der Waals surface area (Å²) in [4.78, 5) is 8.37. The Morgan fingerprint density at radius 1 is 1.27 bits per heavy atom. The van der Waals surface area contributed by atoms with Gasteiger partial charge in [-0.05, 0) is 14.0 Å². The summed E-state index contributed by atoms with van der Waals surface area (Å²) in [6, 6.07) is 6.02. The Kier molecular flexibility index (Phi) is 3.94. The second-order valence-corrected chi connectivity index (χ2v) is 2.91. The van der Waals surface area contributed by atoms with Gasteiger partial charge in [-0.3, -0.25) is 0 Å². The second kappa shape index (κ2) is 5.22. The van der Waals surface area contributed by atoms with Crippen molar-refractivity contribution in [2.75, 3.05) is 7.05 Å². The minimum absolute atomic E-state index is 0.977. The first-order valence-corrected chi connectivity index (χ1v) is 4.73. The van der Waals surface area contributed by atoms with Crippen molar-refractivity contribution >= 4 is 17.0 Å². The van der Waals surface area contributed by atoms with Crippen LogP contribution in [0.15, 0.2) is 31.1 Å². The lowest BCUT2D eigenvalue weighted by atomic mass is 10.1. The minimum atomic E-state index is 0.977. The molecule has 3 heteroatoms. The lowest BCUT2D eigenvalue weighted by Crippen LogP contribution is -1.88. The third-order valence-corrected chi connectivity index (χ3v) is 2.12. The van der Waals surface area contributed by atoms with Gasteiger partial charge in [0.15, 0.2) is 0 Å². The predicted octanol–water partition coefficient (Wildman–Crippen LogP) is 2.16. The van der Waals surface area contributed by atoms with Gasteiger partial charge in [0, 0.05) is 16.6 Å². The van der Waals surface area contributed by atoms with Crippen LogP contribution >= 0.6 is 0 Å². The van der Waals surface area contributed by atoms with Crippen LogP contribution in [-0.2, 0) is 0 Å². The van der Waals surface area contributed by atoms with Gasteiger partial charge >= 0.3 is 0 Å². The zero-order chi connectivity index (χ0) is 11.3. The van der Waals surface area contributed by atoms with Crippen LogP contribution in [0.5, 0.6) is 0 Å². The maximum atomic E-state index is 4.50. The maximum absolute atomic E-state index is 4.50. The third kappa shape index (κ3) is 2.19. The van der Waals surface area contributed by atoms with E-state index in [1.807, 2.05) is 31.2 Å². The van der Waals surface area contributed by atoms with Gasteiger partial charge < -0.3 is 5.73 Å². The molecule has 0 bridgehead atoms. The van der Waals surface area contributed by atoms with E-state index in [1.54, 1.807) is 6.33 Å². The number of hydrogen-bond donors (Lipinski definition) is 1. The van der Waals surface area contributed by atoms with E-state index in [0.717, 1.165) is 22.2 Å². The lowest BCUT2D eigenvalue weighted by Gasteiger charge is -2.02. The van der Waals surface area contributed by atoms with E-state index in [-0.39, 0.29) is 0 Å². The topological polar surface area (TPSA) is 51.8 Å². The van der Waals surface area contributed by atoms with Crippen LogP contribution in [0, 0.1) is 6.92 Å². The van der Waals surface area contributed by atoms with Gasteiger partial charge in [-0.2, -0.15) is 0 Å². The summed E-state index contributed by atoms with van der Waals surface area (Å²) in [5.41, 5.74) is 7.54. The van der Waals surface area contributed by atoms with E-state index in [1.165, 1.54) is 7.05 Å². The standard InChI is InChI=1S/C11H10N2.CH5N/c1-3-9-5-4-6-10-8(2)12-7-13-11(9)10;1-2/h3-7H,1H2,2H3;2H2,1H3. The molecule has 2 aromatic rings. The molecule has 0 atom stereocenters. The minimum Gasteiger partial charge on any atom is -0.333 e. The molecule has 1 aromatic carbocycles. The van der Waals surface area contributed by atoms with Crippen molar-refractivity contribution in [1.29, 1.82) is 0 Å².